The average molecular weight is 381 g/mol. The summed E-state index contributed by atoms with van der Waals surface area (Å²) >= 11 is 3.13. The number of piperidine rings is 1. The number of oxazole rings is 1. The first kappa shape index (κ1) is 18.4. The number of aryl methyl sites for hydroxylation is 1. The van der Waals surface area contributed by atoms with E-state index < -0.39 is 0 Å². The summed E-state index contributed by atoms with van der Waals surface area (Å²) in [6, 6.07) is 0. The Bertz CT molecular complexity index is 680. The van der Waals surface area contributed by atoms with Gasteiger partial charge in [0.05, 0.1) is 22.4 Å². The highest BCUT2D eigenvalue weighted by atomic mass is 32.2. The van der Waals surface area contributed by atoms with Crippen LogP contribution in [0, 0.1) is 5.92 Å². The second-order valence-corrected chi connectivity index (χ2v) is 8.42. The summed E-state index contributed by atoms with van der Waals surface area (Å²) in [5.41, 5.74) is 0. The fourth-order valence-electron chi connectivity index (χ4n) is 2.69. The number of hydrogen-bond acceptors (Lipinski definition) is 7. The molecule has 0 saturated carbocycles. The molecule has 1 aliphatic heterocycles. The number of amides is 1. The Labute approximate surface area is 156 Å². The standard InChI is InChI=1S/C17H24N4O2S2/c1-2-3-4-13-9-19-14(23-13)11-24-15-10-20-17(25-15)21-16(22)12-5-7-18-8-6-12/h9-10,12,18H,2-8,11H2,1H3,(H,20,21,22). The molecule has 0 unspecified atom stereocenters. The Kier molecular flexibility index (Phi) is 6.89. The molecular formula is C17H24N4O2S2. The van der Waals surface area contributed by atoms with Crippen molar-refractivity contribution in [2.45, 2.75) is 49.0 Å². The first-order valence-electron chi connectivity index (χ1n) is 8.78. The zero-order valence-electron chi connectivity index (χ0n) is 14.4. The summed E-state index contributed by atoms with van der Waals surface area (Å²) in [7, 11) is 0. The molecule has 6 nitrogen and oxygen atoms in total. The number of thioether (sulfide) groups is 1. The van der Waals surface area contributed by atoms with Crippen molar-refractivity contribution in [3.05, 3.63) is 24.0 Å². The van der Waals surface area contributed by atoms with E-state index in [1.54, 1.807) is 18.0 Å². The summed E-state index contributed by atoms with van der Waals surface area (Å²) in [5, 5.41) is 6.89. The third-order valence-electron chi connectivity index (χ3n) is 4.14. The van der Waals surface area contributed by atoms with Crippen LogP contribution in [0.1, 0.15) is 44.3 Å². The first-order chi connectivity index (χ1) is 12.2. The maximum Gasteiger partial charge on any atom is 0.229 e. The molecule has 0 aromatic carbocycles. The minimum absolute atomic E-state index is 0.0840. The van der Waals surface area contributed by atoms with Gasteiger partial charge in [-0.3, -0.25) is 4.79 Å². The number of hydrogen-bond donors (Lipinski definition) is 2. The van der Waals surface area contributed by atoms with Crippen molar-refractivity contribution >= 4 is 34.1 Å². The molecule has 1 aliphatic rings. The SMILES string of the molecule is CCCCc1cnc(CSc2cnc(NC(=O)C3CCNCC3)s2)o1. The van der Waals surface area contributed by atoms with Crippen LogP contribution >= 0.6 is 23.1 Å². The lowest BCUT2D eigenvalue weighted by atomic mass is 9.97. The molecule has 1 fully saturated rings. The summed E-state index contributed by atoms with van der Waals surface area (Å²) < 4.78 is 6.78. The van der Waals surface area contributed by atoms with Crippen LogP contribution in [0.2, 0.25) is 0 Å². The normalized spacial score (nSPS) is 15.4. The Morgan fingerprint density at radius 1 is 1.40 bits per heavy atom. The number of aromatic nitrogens is 2. The van der Waals surface area contributed by atoms with E-state index in [-0.39, 0.29) is 11.8 Å². The van der Waals surface area contributed by atoms with Crippen LogP contribution in [-0.4, -0.2) is 29.0 Å². The minimum Gasteiger partial charge on any atom is -0.445 e. The molecule has 2 N–H and O–H groups in total. The van der Waals surface area contributed by atoms with E-state index >= 15 is 0 Å². The van der Waals surface area contributed by atoms with Gasteiger partial charge < -0.3 is 15.1 Å². The summed E-state index contributed by atoms with van der Waals surface area (Å²) in [4.78, 5) is 20.9. The van der Waals surface area contributed by atoms with E-state index in [9.17, 15) is 4.79 Å². The number of nitrogens with one attached hydrogen (secondary N) is 2. The second kappa shape index (κ2) is 9.35. The number of thiazole rings is 1. The second-order valence-electron chi connectivity index (χ2n) is 6.11. The van der Waals surface area contributed by atoms with E-state index in [4.69, 9.17) is 4.42 Å². The van der Waals surface area contributed by atoms with Gasteiger partial charge in [-0.2, -0.15) is 0 Å². The highest BCUT2D eigenvalue weighted by molar-refractivity contribution is 8.00. The molecule has 2 aromatic rings. The Morgan fingerprint density at radius 2 is 2.24 bits per heavy atom. The number of rotatable bonds is 8. The van der Waals surface area contributed by atoms with Crippen molar-refractivity contribution in [1.82, 2.24) is 15.3 Å². The molecule has 0 atom stereocenters. The van der Waals surface area contributed by atoms with Gasteiger partial charge in [0.15, 0.2) is 5.13 Å². The van der Waals surface area contributed by atoms with Gasteiger partial charge in [0.25, 0.3) is 0 Å². The zero-order chi connectivity index (χ0) is 17.5. The number of carbonyl (C=O) groups is 1. The van der Waals surface area contributed by atoms with Gasteiger partial charge in [0, 0.05) is 12.3 Å². The number of carbonyl (C=O) groups excluding carboxylic acids is 1. The third-order valence-corrected chi connectivity index (χ3v) is 6.23. The van der Waals surface area contributed by atoms with E-state index in [1.807, 2.05) is 6.20 Å². The Balaban J connectivity index is 1.46. The Morgan fingerprint density at radius 3 is 3.04 bits per heavy atom. The smallest absolute Gasteiger partial charge is 0.229 e. The molecule has 0 radical (unpaired) electrons. The number of anilines is 1. The first-order valence-corrected chi connectivity index (χ1v) is 10.6. The van der Waals surface area contributed by atoms with Gasteiger partial charge in [0.1, 0.15) is 5.76 Å². The van der Waals surface area contributed by atoms with Crippen LogP contribution in [0.25, 0.3) is 0 Å². The lowest BCUT2D eigenvalue weighted by Gasteiger charge is -2.20. The van der Waals surface area contributed by atoms with Gasteiger partial charge in [-0.05, 0) is 32.4 Å². The van der Waals surface area contributed by atoms with E-state index in [0.717, 1.165) is 61.1 Å². The van der Waals surface area contributed by atoms with Crippen molar-refractivity contribution in [3.8, 4) is 0 Å². The van der Waals surface area contributed by atoms with Crippen LogP contribution in [0.4, 0.5) is 5.13 Å². The molecule has 1 amide bonds. The van der Waals surface area contributed by atoms with Crippen LogP contribution in [0.15, 0.2) is 21.0 Å². The van der Waals surface area contributed by atoms with Crippen LogP contribution in [0.5, 0.6) is 0 Å². The summed E-state index contributed by atoms with van der Waals surface area (Å²) in [6.45, 7) is 3.99. The van der Waals surface area contributed by atoms with Gasteiger partial charge in [0.2, 0.25) is 11.8 Å². The van der Waals surface area contributed by atoms with Crippen molar-refractivity contribution in [3.63, 3.8) is 0 Å². The average Bonchev–Trinajstić information content (AvgIpc) is 3.28. The topological polar surface area (TPSA) is 80.0 Å². The molecule has 3 rings (SSSR count). The molecule has 0 bridgehead atoms. The van der Waals surface area contributed by atoms with Crippen molar-refractivity contribution in [2.75, 3.05) is 18.4 Å². The van der Waals surface area contributed by atoms with Crippen LogP contribution < -0.4 is 10.6 Å². The lowest BCUT2D eigenvalue weighted by molar-refractivity contribution is -0.120. The summed E-state index contributed by atoms with van der Waals surface area (Å²) in [5.74, 6) is 2.55. The third kappa shape index (κ3) is 5.55. The molecule has 25 heavy (non-hydrogen) atoms. The maximum atomic E-state index is 12.2. The summed E-state index contributed by atoms with van der Waals surface area (Å²) in [6.07, 6.45) is 8.62. The maximum absolute atomic E-state index is 12.2. The zero-order valence-corrected chi connectivity index (χ0v) is 16.0. The van der Waals surface area contributed by atoms with E-state index in [2.05, 4.69) is 27.5 Å². The van der Waals surface area contributed by atoms with E-state index in [1.165, 1.54) is 11.3 Å². The van der Waals surface area contributed by atoms with Gasteiger partial charge in [-0.1, -0.05) is 24.7 Å². The van der Waals surface area contributed by atoms with Crippen LogP contribution in [0.3, 0.4) is 0 Å². The van der Waals surface area contributed by atoms with Crippen molar-refractivity contribution in [1.29, 1.82) is 0 Å². The molecule has 1 saturated heterocycles. The minimum atomic E-state index is 0.0840. The monoisotopic (exact) mass is 380 g/mol. The fourth-order valence-corrected chi connectivity index (χ4v) is 4.42. The van der Waals surface area contributed by atoms with E-state index in [0.29, 0.717) is 10.9 Å². The molecular weight excluding hydrogens is 356 g/mol. The highest BCUT2D eigenvalue weighted by Gasteiger charge is 2.21. The van der Waals surface area contributed by atoms with Crippen LogP contribution in [-0.2, 0) is 17.0 Å². The largest absolute Gasteiger partial charge is 0.445 e. The molecule has 2 aromatic heterocycles. The van der Waals surface area contributed by atoms with Gasteiger partial charge in [-0.15, -0.1) is 11.8 Å². The molecule has 0 spiro atoms. The Hall–Kier alpha value is -1.38. The molecule has 3 heterocycles. The lowest BCUT2D eigenvalue weighted by Crippen LogP contribution is -2.34. The number of unbranched alkanes of at least 4 members (excludes halogenated alkanes) is 1. The van der Waals surface area contributed by atoms with Crippen molar-refractivity contribution in [2.24, 2.45) is 5.92 Å². The van der Waals surface area contributed by atoms with Gasteiger partial charge >= 0.3 is 0 Å². The highest BCUT2D eigenvalue weighted by Crippen LogP contribution is 2.31. The fraction of sp³-hybridized carbons (Fsp3) is 0.588. The quantitative estimate of drug-likeness (QED) is 0.680. The molecule has 136 valence electrons. The number of nitrogens with zero attached hydrogens (tertiary/aromatic N) is 2. The predicted molar refractivity (Wildman–Crippen MR) is 101 cm³/mol. The van der Waals surface area contributed by atoms with Gasteiger partial charge in [-0.25, -0.2) is 9.97 Å². The molecule has 8 heteroatoms. The molecule has 0 aliphatic carbocycles. The van der Waals surface area contributed by atoms with Crippen molar-refractivity contribution < 1.29 is 9.21 Å². The predicted octanol–water partition coefficient (Wildman–Crippen LogP) is 3.70.